The van der Waals surface area contributed by atoms with Crippen molar-refractivity contribution in [3.63, 3.8) is 0 Å². The number of amides is 3. The zero-order valence-electron chi connectivity index (χ0n) is 14.2. The van der Waals surface area contributed by atoms with Crippen molar-refractivity contribution in [1.29, 1.82) is 0 Å². The summed E-state index contributed by atoms with van der Waals surface area (Å²) in [6, 6.07) is -0.283. The van der Waals surface area contributed by atoms with E-state index < -0.39 is 5.92 Å². The zero-order valence-corrected chi connectivity index (χ0v) is 14.2. The Hall–Kier alpha value is -1.44. The minimum absolute atomic E-state index is 0.0539. The second-order valence-electron chi connectivity index (χ2n) is 6.63. The zero-order chi connectivity index (χ0) is 17.6. The van der Waals surface area contributed by atoms with E-state index in [1.165, 1.54) is 4.90 Å². The van der Waals surface area contributed by atoms with Gasteiger partial charge in [0.15, 0.2) is 0 Å². The molecule has 0 unspecified atom stereocenters. The van der Waals surface area contributed by atoms with E-state index in [9.17, 15) is 18.4 Å². The number of hydrogen-bond acceptors (Lipinski definition) is 3. The van der Waals surface area contributed by atoms with E-state index in [1.807, 2.05) is 0 Å². The second kappa shape index (κ2) is 8.60. The Balaban J connectivity index is 1.75. The predicted octanol–water partition coefficient (Wildman–Crippen LogP) is 1.70. The number of hydrogen-bond donors (Lipinski definition) is 1. The highest BCUT2D eigenvalue weighted by Gasteiger charge is 2.35. The molecule has 2 fully saturated rings. The summed E-state index contributed by atoms with van der Waals surface area (Å²) < 4.78 is 31.3. The molecule has 24 heavy (non-hydrogen) atoms. The quantitative estimate of drug-likeness (QED) is 0.823. The number of halogens is 2. The molecule has 2 aliphatic rings. The van der Waals surface area contributed by atoms with Crippen LogP contribution in [0.2, 0.25) is 0 Å². The van der Waals surface area contributed by atoms with Crippen molar-refractivity contribution in [3.05, 3.63) is 0 Å². The number of urea groups is 1. The first-order valence-corrected chi connectivity index (χ1v) is 8.58. The Morgan fingerprint density at radius 1 is 1.33 bits per heavy atom. The molecule has 8 heteroatoms. The van der Waals surface area contributed by atoms with Gasteiger partial charge < -0.3 is 19.9 Å². The Bertz CT molecular complexity index is 438. The standard InChI is InChI=1S/C16H27F2N3O3/c1-24-10-9-20-7-2-8-21(12-14(20)22)15(23)19-11-13-3-5-16(17,18)6-4-13/h13H,2-12H2,1H3,(H,19,23). The maximum absolute atomic E-state index is 13.1. The minimum Gasteiger partial charge on any atom is -0.383 e. The Kier molecular flexibility index (Phi) is 6.77. The lowest BCUT2D eigenvalue weighted by atomic mass is 9.87. The number of ether oxygens (including phenoxy) is 1. The summed E-state index contributed by atoms with van der Waals surface area (Å²) in [7, 11) is 1.59. The van der Waals surface area contributed by atoms with Crippen LogP contribution in [0.15, 0.2) is 0 Å². The average Bonchev–Trinajstić information content (AvgIpc) is 2.73. The topological polar surface area (TPSA) is 61.9 Å². The first kappa shape index (κ1) is 18.9. The van der Waals surface area contributed by atoms with E-state index in [1.54, 1.807) is 12.0 Å². The molecule has 1 heterocycles. The smallest absolute Gasteiger partial charge is 0.317 e. The number of rotatable bonds is 5. The molecule has 0 aromatic heterocycles. The summed E-state index contributed by atoms with van der Waals surface area (Å²) >= 11 is 0. The number of nitrogens with one attached hydrogen (secondary N) is 1. The van der Waals surface area contributed by atoms with Gasteiger partial charge in [-0.2, -0.15) is 0 Å². The lowest BCUT2D eigenvalue weighted by Gasteiger charge is -2.29. The fourth-order valence-corrected chi connectivity index (χ4v) is 3.18. The highest BCUT2D eigenvalue weighted by molar-refractivity contribution is 5.84. The highest BCUT2D eigenvalue weighted by atomic mass is 19.3. The molecule has 1 aliphatic heterocycles. The van der Waals surface area contributed by atoms with Crippen LogP contribution in [0.1, 0.15) is 32.1 Å². The normalized spacial score (nSPS) is 22.4. The van der Waals surface area contributed by atoms with E-state index in [4.69, 9.17) is 4.74 Å². The first-order chi connectivity index (χ1) is 11.4. The van der Waals surface area contributed by atoms with E-state index in [-0.39, 0.29) is 37.2 Å². The number of carbonyl (C=O) groups excluding carboxylic acids is 2. The first-order valence-electron chi connectivity index (χ1n) is 8.58. The van der Waals surface area contributed by atoms with E-state index >= 15 is 0 Å². The van der Waals surface area contributed by atoms with Crippen molar-refractivity contribution in [3.8, 4) is 0 Å². The molecule has 0 spiro atoms. The lowest BCUT2D eigenvalue weighted by Crippen LogP contribution is -2.46. The minimum atomic E-state index is -2.55. The third-order valence-corrected chi connectivity index (χ3v) is 4.77. The van der Waals surface area contributed by atoms with Gasteiger partial charge in [-0.1, -0.05) is 0 Å². The van der Waals surface area contributed by atoms with Gasteiger partial charge >= 0.3 is 6.03 Å². The van der Waals surface area contributed by atoms with Gasteiger partial charge in [0.25, 0.3) is 0 Å². The van der Waals surface area contributed by atoms with Gasteiger partial charge in [-0.05, 0) is 25.2 Å². The lowest BCUT2D eigenvalue weighted by molar-refractivity contribution is -0.131. The molecule has 2 rings (SSSR count). The molecule has 1 N–H and O–H groups in total. The molecule has 1 saturated carbocycles. The van der Waals surface area contributed by atoms with Gasteiger partial charge in [0.05, 0.1) is 6.61 Å². The fraction of sp³-hybridized carbons (Fsp3) is 0.875. The summed E-state index contributed by atoms with van der Waals surface area (Å²) in [5.41, 5.74) is 0. The van der Waals surface area contributed by atoms with Gasteiger partial charge in [0.2, 0.25) is 11.8 Å². The summed E-state index contributed by atoms with van der Waals surface area (Å²) in [6.45, 7) is 2.59. The third kappa shape index (κ3) is 5.58. The largest absolute Gasteiger partial charge is 0.383 e. The van der Waals surface area contributed by atoms with Gasteiger partial charge in [-0.15, -0.1) is 0 Å². The summed E-state index contributed by atoms with van der Waals surface area (Å²) in [6.07, 6.45) is 1.36. The van der Waals surface area contributed by atoms with Gasteiger partial charge in [0.1, 0.15) is 6.54 Å². The predicted molar refractivity (Wildman–Crippen MR) is 84.9 cm³/mol. The number of nitrogens with zero attached hydrogens (tertiary/aromatic N) is 2. The average molecular weight is 347 g/mol. The Morgan fingerprint density at radius 3 is 2.71 bits per heavy atom. The van der Waals surface area contributed by atoms with Crippen LogP contribution < -0.4 is 5.32 Å². The van der Waals surface area contributed by atoms with Crippen molar-refractivity contribution in [2.24, 2.45) is 5.92 Å². The summed E-state index contributed by atoms with van der Waals surface area (Å²) in [5.74, 6) is -2.55. The summed E-state index contributed by atoms with van der Waals surface area (Å²) in [5, 5.41) is 2.80. The number of carbonyl (C=O) groups is 2. The molecule has 6 nitrogen and oxygen atoms in total. The van der Waals surface area contributed by atoms with Crippen LogP contribution in [0.25, 0.3) is 0 Å². The van der Waals surface area contributed by atoms with Gasteiger partial charge in [0, 0.05) is 46.1 Å². The number of methoxy groups -OCH3 is 1. The van der Waals surface area contributed by atoms with Crippen LogP contribution in [0.4, 0.5) is 13.6 Å². The molecule has 1 saturated heterocycles. The second-order valence-corrected chi connectivity index (χ2v) is 6.63. The molecule has 0 aromatic carbocycles. The fourth-order valence-electron chi connectivity index (χ4n) is 3.18. The van der Waals surface area contributed by atoms with Crippen LogP contribution in [0.3, 0.4) is 0 Å². The van der Waals surface area contributed by atoms with Crippen molar-refractivity contribution >= 4 is 11.9 Å². The monoisotopic (exact) mass is 347 g/mol. The Morgan fingerprint density at radius 2 is 2.04 bits per heavy atom. The van der Waals surface area contributed by atoms with Crippen LogP contribution in [-0.2, 0) is 9.53 Å². The maximum Gasteiger partial charge on any atom is 0.317 e. The van der Waals surface area contributed by atoms with Crippen LogP contribution in [0, 0.1) is 5.92 Å². The molecule has 138 valence electrons. The van der Waals surface area contributed by atoms with Gasteiger partial charge in [-0.25, -0.2) is 13.6 Å². The van der Waals surface area contributed by atoms with Crippen LogP contribution >= 0.6 is 0 Å². The molecule has 1 aliphatic carbocycles. The van der Waals surface area contributed by atoms with Crippen molar-refractivity contribution in [2.75, 3.05) is 46.4 Å². The SMILES string of the molecule is COCCN1CCCN(C(=O)NCC2CCC(F)(F)CC2)CC1=O. The number of alkyl halides is 2. The molecule has 0 bridgehead atoms. The molecule has 0 aromatic rings. The highest BCUT2D eigenvalue weighted by Crippen LogP contribution is 2.35. The van der Waals surface area contributed by atoms with E-state index in [0.717, 1.165) is 6.42 Å². The van der Waals surface area contributed by atoms with Crippen LogP contribution in [0.5, 0.6) is 0 Å². The Labute approximate surface area is 141 Å². The van der Waals surface area contributed by atoms with Crippen molar-refractivity contribution in [1.82, 2.24) is 15.1 Å². The maximum atomic E-state index is 13.1. The molecular formula is C16H27F2N3O3. The molecular weight excluding hydrogens is 320 g/mol. The van der Waals surface area contributed by atoms with E-state index in [2.05, 4.69) is 5.32 Å². The van der Waals surface area contributed by atoms with Crippen molar-refractivity contribution in [2.45, 2.75) is 38.0 Å². The van der Waals surface area contributed by atoms with Crippen LogP contribution in [-0.4, -0.2) is 74.1 Å². The van der Waals surface area contributed by atoms with Gasteiger partial charge in [-0.3, -0.25) is 4.79 Å². The molecule has 0 atom stereocenters. The molecule has 3 amide bonds. The summed E-state index contributed by atoms with van der Waals surface area (Å²) in [4.78, 5) is 27.7. The van der Waals surface area contributed by atoms with E-state index in [0.29, 0.717) is 45.6 Å². The molecule has 0 radical (unpaired) electrons. The van der Waals surface area contributed by atoms with Crippen molar-refractivity contribution < 1.29 is 23.1 Å². The third-order valence-electron chi connectivity index (χ3n) is 4.77.